The lowest BCUT2D eigenvalue weighted by Crippen LogP contribution is -2.37. The fourth-order valence-electron chi connectivity index (χ4n) is 6.61. The van der Waals surface area contributed by atoms with Crippen molar-refractivity contribution in [3.63, 3.8) is 0 Å². The van der Waals surface area contributed by atoms with Crippen molar-refractivity contribution >= 4 is 33.8 Å². The van der Waals surface area contributed by atoms with Gasteiger partial charge in [0.25, 0.3) is 21.8 Å². The summed E-state index contributed by atoms with van der Waals surface area (Å²) in [6.45, 7) is 1.70. The van der Waals surface area contributed by atoms with Crippen molar-refractivity contribution < 1.29 is 47.3 Å². The third-order valence-electron chi connectivity index (χ3n) is 9.13. The first-order valence-corrected chi connectivity index (χ1v) is 18.4. The SMILES string of the molecule is COc1cc(C)ccc1S(=O)(=O)NC(=O)c1cc(C(=O)O)c(C(=O)N(Cc2cccc(Oc3ccccc3)c2)[C@H]2CCCc3ccccc32)cc1C(=O)O. The molecule has 6 rings (SSSR count). The largest absolute Gasteiger partial charge is 0.495 e. The van der Waals surface area contributed by atoms with E-state index in [-0.39, 0.29) is 12.3 Å². The summed E-state index contributed by atoms with van der Waals surface area (Å²) in [7, 11) is -3.39. The van der Waals surface area contributed by atoms with E-state index in [9.17, 15) is 37.8 Å². The van der Waals surface area contributed by atoms with Gasteiger partial charge in [-0.3, -0.25) is 9.59 Å². The zero-order chi connectivity index (χ0) is 38.6. The number of ether oxygens (including phenoxy) is 2. The molecule has 54 heavy (non-hydrogen) atoms. The van der Waals surface area contributed by atoms with Crippen LogP contribution in [0.5, 0.6) is 17.2 Å². The fraction of sp³-hybridized carbons (Fsp3) is 0.171. The molecule has 5 aromatic carbocycles. The minimum Gasteiger partial charge on any atom is -0.495 e. The maximum atomic E-state index is 14.8. The lowest BCUT2D eigenvalue weighted by Gasteiger charge is -2.36. The topological polar surface area (TPSA) is 177 Å². The summed E-state index contributed by atoms with van der Waals surface area (Å²) in [5, 5.41) is 20.6. The Kier molecular flexibility index (Phi) is 10.8. The molecule has 1 atom stereocenters. The van der Waals surface area contributed by atoms with Gasteiger partial charge in [-0.05, 0) is 97.0 Å². The summed E-state index contributed by atoms with van der Waals surface area (Å²) < 4.78 is 39.6. The second kappa shape index (κ2) is 15.6. The Hall–Kier alpha value is -6.47. The summed E-state index contributed by atoms with van der Waals surface area (Å²) in [5.74, 6) is -4.48. The Morgan fingerprint density at radius 2 is 1.44 bits per heavy atom. The van der Waals surface area contributed by atoms with Crippen molar-refractivity contribution in [1.29, 1.82) is 0 Å². The van der Waals surface area contributed by atoms with E-state index < -0.39 is 67.0 Å². The quantitative estimate of drug-likeness (QED) is 0.120. The number of methoxy groups -OCH3 is 1. The Bertz CT molecular complexity index is 2380. The average molecular weight is 749 g/mol. The van der Waals surface area contributed by atoms with Gasteiger partial charge in [-0.1, -0.05) is 60.7 Å². The van der Waals surface area contributed by atoms with Gasteiger partial charge in [-0.25, -0.2) is 22.7 Å². The molecule has 12 nitrogen and oxygen atoms in total. The van der Waals surface area contributed by atoms with E-state index in [1.165, 1.54) is 30.2 Å². The summed E-state index contributed by atoms with van der Waals surface area (Å²) in [6, 6.07) is 29.0. The molecule has 13 heteroatoms. The molecule has 1 aliphatic rings. The molecule has 0 fully saturated rings. The van der Waals surface area contributed by atoms with Gasteiger partial charge in [0, 0.05) is 6.54 Å². The Labute approximate surface area is 311 Å². The number of sulfonamides is 1. The molecule has 2 amide bonds. The van der Waals surface area contributed by atoms with Gasteiger partial charge in [0.15, 0.2) is 0 Å². The normalized spacial score (nSPS) is 13.6. The number of amides is 2. The van der Waals surface area contributed by atoms with Crippen molar-refractivity contribution in [3.05, 3.63) is 154 Å². The summed E-state index contributed by atoms with van der Waals surface area (Å²) in [4.78, 5) is 54.8. The first-order chi connectivity index (χ1) is 25.9. The summed E-state index contributed by atoms with van der Waals surface area (Å²) in [5.41, 5.74) is 0.516. The Balaban J connectivity index is 1.42. The van der Waals surface area contributed by atoms with E-state index in [4.69, 9.17) is 9.47 Å². The molecule has 5 aromatic rings. The van der Waals surface area contributed by atoms with Gasteiger partial charge in [-0.2, -0.15) is 0 Å². The minimum atomic E-state index is -4.63. The minimum absolute atomic E-state index is 0.00977. The van der Waals surface area contributed by atoms with Crippen LogP contribution in [-0.2, 0) is 23.0 Å². The maximum absolute atomic E-state index is 14.8. The lowest BCUT2D eigenvalue weighted by atomic mass is 9.86. The van der Waals surface area contributed by atoms with Crippen LogP contribution in [0.25, 0.3) is 0 Å². The molecule has 3 N–H and O–H groups in total. The number of rotatable bonds is 12. The Morgan fingerprint density at radius 1 is 0.778 bits per heavy atom. The molecule has 0 bridgehead atoms. The van der Waals surface area contributed by atoms with Gasteiger partial charge in [0.1, 0.15) is 22.1 Å². The van der Waals surface area contributed by atoms with Gasteiger partial charge in [-0.15, -0.1) is 0 Å². The first kappa shape index (κ1) is 37.3. The van der Waals surface area contributed by atoms with Crippen LogP contribution in [0, 0.1) is 6.92 Å². The molecule has 0 saturated heterocycles. The highest BCUT2D eigenvalue weighted by Crippen LogP contribution is 2.37. The molecule has 0 heterocycles. The van der Waals surface area contributed by atoms with Crippen LogP contribution < -0.4 is 14.2 Å². The number of aromatic carboxylic acids is 2. The van der Waals surface area contributed by atoms with Crippen LogP contribution in [0.3, 0.4) is 0 Å². The van der Waals surface area contributed by atoms with E-state index in [1.54, 1.807) is 43.3 Å². The monoisotopic (exact) mass is 748 g/mol. The molecular formula is C41H36N2O10S. The second-order valence-corrected chi connectivity index (χ2v) is 14.4. The van der Waals surface area contributed by atoms with Crippen molar-refractivity contribution in [3.8, 4) is 17.2 Å². The lowest BCUT2D eigenvalue weighted by molar-refractivity contribution is 0.0614. The molecule has 0 saturated carbocycles. The summed E-state index contributed by atoms with van der Waals surface area (Å²) >= 11 is 0. The number of carboxylic acids is 2. The van der Waals surface area contributed by atoms with Gasteiger partial charge >= 0.3 is 11.9 Å². The third-order valence-corrected chi connectivity index (χ3v) is 10.5. The Morgan fingerprint density at radius 3 is 2.17 bits per heavy atom. The van der Waals surface area contributed by atoms with Crippen LogP contribution in [0.2, 0.25) is 0 Å². The molecule has 0 unspecified atom stereocenters. The van der Waals surface area contributed by atoms with Crippen molar-refractivity contribution in [1.82, 2.24) is 9.62 Å². The van der Waals surface area contributed by atoms with E-state index in [2.05, 4.69) is 0 Å². The van der Waals surface area contributed by atoms with Crippen molar-refractivity contribution in [2.24, 2.45) is 0 Å². The number of para-hydroxylation sites is 1. The predicted molar refractivity (Wildman–Crippen MR) is 198 cm³/mol. The zero-order valence-corrected chi connectivity index (χ0v) is 30.1. The number of fused-ring (bicyclic) bond motifs is 1. The number of carbonyl (C=O) groups is 4. The highest BCUT2D eigenvalue weighted by Gasteiger charge is 2.34. The zero-order valence-electron chi connectivity index (χ0n) is 29.3. The number of hydrogen-bond donors (Lipinski definition) is 3. The van der Waals surface area contributed by atoms with Crippen LogP contribution in [0.15, 0.2) is 114 Å². The number of carboxylic acid groups (broad SMARTS) is 2. The fourth-order valence-corrected chi connectivity index (χ4v) is 7.72. The molecule has 0 aromatic heterocycles. The van der Waals surface area contributed by atoms with E-state index in [0.29, 0.717) is 29.0 Å². The third kappa shape index (κ3) is 7.96. The van der Waals surface area contributed by atoms with Crippen LogP contribution in [0.4, 0.5) is 0 Å². The molecule has 0 aliphatic heterocycles. The maximum Gasteiger partial charge on any atom is 0.336 e. The highest BCUT2D eigenvalue weighted by molar-refractivity contribution is 7.90. The number of aryl methyl sites for hydroxylation is 2. The van der Waals surface area contributed by atoms with E-state index in [0.717, 1.165) is 36.1 Å². The number of nitrogens with one attached hydrogen (secondary N) is 1. The van der Waals surface area contributed by atoms with Crippen molar-refractivity contribution in [2.45, 2.75) is 43.7 Å². The van der Waals surface area contributed by atoms with E-state index >= 15 is 0 Å². The average Bonchev–Trinajstić information content (AvgIpc) is 3.16. The first-order valence-electron chi connectivity index (χ1n) is 16.9. The number of hydrogen-bond acceptors (Lipinski definition) is 8. The standard InChI is InChI=1S/C41H36N2O10S/c1-25-18-19-37(36(20-25)52-2)54(50,51)42-38(44)31-22-34(41(48)49)32(23-33(31)40(46)47)39(45)43(35-17-9-12-27-11-6-7-16-30(27)35)24-26-10-8-15-29(21-26)53-28-13-4-3-5-14-28/h3-8,10-11,13-16,18-23,35H,9,12,17,24H2,1-2H3,(H,42,44)(H,46,47)(H,48,49)/t35-/m0/s1. The highest BCUT2D eigenvalue weighted by atomic mass is 32.2. The molecule has 1 aliphatic carbocycles. The summed E-state index contributed by atoms with van der Waals surface area (Å²) in [6.07, 6.45) is 2.05. The van der Waals surface area contributed by atoms with Gasteiger partial charge in [0.05, 0.1) is 35.4 Å². The van der Waals surface area contributed by atoms with Crippen LogP contribution in [0.1, 0.15) is 82.6 Å². The molecule has 0 radical (unpaired) electrons. The number of carbonyl (C=O) groups excluding carboxylic acids is 2. The van der Waals surface area contributed by atoms with Crippen molar-refractivity contribution in [2.75, 3.05) is 7.11 Å². The van der Waals surface area contributed by atoms with Crippen LogP contribution in [-0.4, -0.2) is 54.4 Å². The smallest absolute Gasteiger partial charge is 0.336 e. The van der Waals surface area contributed by atoms with E-state index in [1.807, 2.05) is 47.2 Å². The number of nitrogens with zero attached hydrogens (tertiary/aromatic N) is 1. The molecule has 276 valence electrons. The van der Waals surface area contributed by atoms with Gasteiger partial charge < -0.3 is 24.6 Å². The second-order valence-electron chi connectivity index (χ2n) is 12.7. The number of benzene rings is 5. The molecule has 0 spiro atoms. The van der Waals surface area contributed by atoms with Crippen LogP contribution >= 0.6 is 0 Å². The molecular weight excluding hydrogens is 713 g/mol. The predicted octanol–water partition coefficient (Wildman–Crippen LogP) is 7.03. The van der Waals surface area contributed by atoms with Gasteiger partial charge in [0.2, 0.25) is 0 Å².